The number of esters is 1. The van der Waals surface area contributed by atoms with Gasteiger partial charge in [-0.1, -0.05) is 57.7 Å². The van der Waals surface area contributed by atoms with E-state index in [1.165, 1.54) is 6.08 Å². The van der Waals surface area contributed by atoms with E-state index >= 15 is 0 Å². The highest BCUT2D eigenvalue weighted by atomic mass is 16.5. The third kappa shape index (κ3) is 3.89. The molecule has 1 unspecified atom stereocenters. The lowest BCUT2D eigenvalue weighted by atomic mass is 9.48. The first kappa shape index (κ1) is 26.5. The predicted octanol–water partition coefficient (Wildman–Crippen LogP) is 2.73. The lowest BCUT2D eigenvalue weighted by Gasteiger charge is -2.61. The number of hydrogen-bond acceptors (Lipinski definition) is 7. The molecule has 4 N–H and O–H groups in total. The number of aliphatic hydroxyl groups is 4. The molecule has 3 aliphatic carbocycles. The molecule has 7 atom stereocenters. The van der Waals surface area contributed by atoms with Gasteiger partial charge in [-0.25, -0.2) is 4.79 Å². The van der Waals surface area contributed by atoms with Crippen LogP contribution >= 0.6 is 0 Å². The van der Waals surface area contributed by atoms with Crippen LogP contribution in [0, 0.1) is 16.7 Å². The van der Waals surface area contributed by atoms with E-state index in [0.717, 1.165) is 5.56 Å². The number of ether oxygens (including phenoxy) is 1. The Kier molecular flexibility index (Phi) is 6.67. The van der Waals surface area contributed by atoms with Crippen molar-refractivity contribution >= 4 is 17.8 Å². The van der Waals surface area contributed by atoms with Crippen molar-refractivity contribution in [1.29, 1.82) is 0 Å². The molecule has 7 heteroatoms. The lowest BCUT2D eigenvalue weighted by molar-refractivity contribution is -0.216. The van der Waals surface area contributed by atoms with Crippen molar-refractivity contribution in [2.24, 2.45) is 16.7 Å². The van der Waals surface area contributed by atoms with Crippen molar-refractivity contribution < 1.29 is 34.8 Å². The Bertz CT molecular complexity index is 1130. The fourth-order valence-corrected chi connectivity index (χ4v) is 6.66. The van der Waals surface area contributed by atoms with E-state index in [1.807, 2.05) is 30.3 Å². The topological polar surface area (TPSA) is 124 Å². The first-order chi connectivity index (χ1) is 16.8. The molecule has 0 spiro atoms. The number of Topliss-reactive ketones (excluding diaryl/α,β-unsaturated/α-hetero) is 1. The summed E-state index contributed by atoms with van der Waals surface area (Å²) in [4.78, 5) is 25.5. The Morgan fingerprint density at radius 2 is 1.75 bits per heavy atom. The number of ketones is 1. The molecule has 4 rings (SSSR count). The zero-order valence-electron chi connectivity index (χ0n) is 21.3. The van der Waals surface area contributed by atoms with Crippen molar-refractivity contribution in [3.05, 3.63) is 65.3 Å². The zero-order valence-corrected chi connectivity index (χ0v) is 21.3. The monoisotopic (exact) mass is 496 g/mol. The van der Waals surface area contributed by atoms with Gasteiger partial charge < -0.3 is 25.2 Å². The maximum absolute atomic E-state index is 12.9. The number of rotatable bonds is 3. The van der Waals surface area contributed by atoms with Crippen LogP contribution in [0.25, 0.3) is 6.08 Å². The predicted molar refractivity (Wildman–Crippen MR) is 134 cm³/mol. The highest BCUT2D eigenvalue weighted by molar-refractivity contribution is 5.98. The van der Waals surface area contributed by atoms with Crippen LogP contribution in [0.5, 0.6) is 0 Å². The molecule has 0 aliphatic heterocycles. The number of fused-ring (bicyclic) bond motifs is 3. The van der Waals surface area contributed by atoms with Crippen LogP contribution in [0.2, 0.25) is 0 Å². The minimum atomic E-state index is -1.92. The number of allylic oxidation sites excluding steroid dienone is 1. The summed E-state index contributed by atoms with van der Waals surface area (Å²) < 4.78 is 5.69. The minimum absolute atomic E-state index is 0.248. The fraction of sp³-hybridized carbons (Fsp3) is 0.517. The van der Waals surface area contributed by atoms with Crippen LogP contribution < -0.4 is 0 Å². The summed E-state index contributed by atoms with van der Waals surface area (Å²) in [5, 5.41) is 46.4. The molecule has 0 heterocycles. The van der Waals surface area contributed by atoms with Crippen molar-refractivity contribution in [3.63, 3.8) is 0 Å². The second kappa shape index (κ2) is 9.06. The third-order valence-corrected chi connectivity index (χ3v) is 9.02. The summed E-state index contributed by atoms with van der Waals surface area (Å²) in [7, 11) is 0. The van der Waals surface area contributed by atoms with Gasteiger partial charge in [-0.3, -0.25) is 4.79 Å². The Labute approximate surface area is 211 Å². The first-order valence-electron chi connectivity index (χ1n) is 12.4. The number of carbonyl (C=O) groups is 2. The molecule has 1 aromatic rings. The molecule has 1 aromatic carbocycles. The quantitative estimate of drug-likeness (QED) is 0.288. The summed E-state index contributed by atoms with van der Waals surface area (Å²) >= 11 is 0. The Balaban J connectivity index is 1.69. The number of carbonyl (C=O) groups excluding carboxylic acids is 2. The van der Waals surface area contributed by atoms with E-state index < -0.39 is 58.5 Å². The smallest absolute Gasteiger partial charge is 0.331 e. The van der Waals surface area contributed by atoms with Crippen LogP contribution in [0.3, 0.4) is 0 Å². The van der Waals surface area contributed by atoms with Crippen molar-refractivity contribution in [2.75, 3.05) is 0 Å². The lowest BCUT2D eigenvalue weighted by Crippen LogP contribution is -2.69. The normalized spacial score (nSPS) is 38.4. The first-order valence-corrected chi connectivity index (χ1v) is 12.4. The van der Waals surface area contributed by atoms with Crippen LogP contribution in [-0.2, 0) is 14.3 Å². The van der Waals surface area contributed by atoms with Gasteiger partial charge in [-0.2, -0.15) is 0 Å². The van der Waals surface area contributed by atoms with Crippen molar-refractivity contribution in [3.8, 4) is 0 Å². The van der Waals surface area contributed by atoms with E-state index in [1.54, 1.807) is 33.8 Å². The van der Waals surface area contributed by atoms with Gasteiger partial charge in [0.05, 0.1) is 12.2 Å². The Morgan fingerprint density at radius 3 is 2.39 bits per heavy atom. The maximum Gasteiger partial charge on any atom is 0.331 e. The molecule has 2 saturated carbocycles. The SMILES string of the molecule is C=C1C2[C@H](O)[C@]3(O)CC(=O)C(C)=C([C@@H](O)[C@H](O)[C@]2(C)CC[C@@H]1OC(=O)/C=C/c1ccccc1)C3(C)C. The van der Waals surface area contributed by atoms with Gasteiger partial charge in [0, 0.05) is 29.2 Å². The number of aliphatic hydroxyl groups excluding tert-OH is 3. The highest BCUT2D eigenvalue weighted by Crippen LogP contribution is 2.60. The molecule has 2 bridgehead atoms. The molecule has 7 nitrogen and oxygen atoms in total. The third-order valence-electron chi connectivity index (χ3n) is 9.02. The van der Waals surface area contributed by atoms with Gasteiger partial charge in [-0.15, -0.1) is 0 Å². The Hall–Kier alpha value is -2.58. The second-order valence-electron chi connectivity index (χ2n) is 11.3. The average Bonchev–Trinajstić information content (AvgIpc) is 2.83. The second-order valence-corrected chi connectivity index (χ2v) is 11.3. The van der Waals surface area contributed by atoms with Gasteiger partial charge in [0.15, 0.2) is 5.78 Å². The van der Waals surface area contributed by atoms with E-state index in [9.17, 15) is 30.0 Å². The molecular weight excluding hydrogens is 460 g/mol. The molecule has 0 saturated heterocycles. The van der Waals surface area contributed by atoms with Gasteiger partial charge in [0.25, 0.3) is 0 Å². The Morgan fingerprint density at radius 1 is 1.11 bits per heavy atom. The fourth-order valence-electron chi connectivity index (χ4n) is 6.66. The largest absolute Gasteiger partial charge is 0.455 e. The molecule has 194 valence electrons. The molecular formula is C29H36O7. The van der Waals surface area contributed by atoms with Crippen LogP contribution in [0.15, 0.2) is 59.7 Å². The van der Waals surface area contributed by atoms with Gasteiger partial charge in [0.2, 0.25) is 0 Å². The molecule has 36 heavy (non-hydrogen) atoms. The van der Waals surface area contributed by atoms with Gasteiger partial charge in [-0.05, 0) is 48.1 Å². The van der Waals surface area contributed by atoms with Crippen molar-refractivity contribution in [1.82, 2.24) is 0 Å². The molecule has 0 aromatic heterocycles. The standard InChI is InChI=1S/C29H36O7/c1-16-19(30)15-29(35)25(33)23-17(2)20(36-21(31)12-11-18-9-7-6-8-10-18)13-14-28(23,5)26(34)24(32)22(16)27(29,3)4/h6-12,20,23-26,32-35H,2,13-15H2,1,3-5H3/b12-11+/t20-,23?,24+,25-,26-,28+,29+/m0/s1. The van der Waals surface area contributed by atoms with E-state index in [-0.39, 0.29) is 12.0 Å². The highest BCUT2D eigenvalue weighted by Gasteiger charge is 2.66. The summed E-state index contributed by atoms with van der Waals surface area (Å²) in [6.45, 7) is 10.8. The summed E-state index contributed by atoms with van der Waals surface area (Å²) in [6, 6.07) is 9.29. The van der Waals surface area contributed by atoms with Gasteiger partial charge >= 0.3 is 5.97 Å². The number of benzene rings is 1. The molecule has 2 fully saturated rings. The van der Waals surface area contributed by atoms with E-state index in [0.29, 0.717) is 24.0 Å². The summed E-state index contributed by atoms with van der Waals surface area (Å²) in [5.74, 6) is -1.91. The molecule has 0 amide bonds. The summed E-state index contributed by atoms with van der Waals surface area (Å²) in [6.07, 6.45) is -1.78. The van der Waals surface area contributed by atoms with Gasteiger partial charge in [0.1, 0.15) is 17.8 Å². The van der Waals surface area contributed by atoms with Crippen molar-refractivity contribution in [2.45, 2.75) is 77.0 Å². The molecule has 3 aliphatic rings. The van der Waals surface area contributed by atoms with E-state index in [2.05, 4.69) is 6.58 Å². The summed E-state index contributed by atoms with van der Waals surface area (Å²) in [5.41, 5.74) is -2.50. The zero-order chi connectivity index (χ0) is 26.6. The average molecular weight is 497 g/mol. The number of hydrogen-bond donors (Lipinski definition) is 4. The van der Waals surface area contributed by atoms with Crippen LogP contribution in [0.4, 0.5) is 0 Å². The minimum Gasteiger partial charge on any atom is -0.455 e. The van der Waals surface area contributed by atoms with E-state index in [4.69, 9.17) is 4.74 Å². The maximum atomic E-state index is 12.9. The van der Waals surface area contributed by atoms with Crippen LogP contribution in [0.1, 0.15) is 52.5 Å². The molecule has 0 radical (unpaired) electrons. The van der Waals surface area contributed by atoms with Crippen LogP contribution in [-0.4, -0.2) is 62.2 Å².